The summed E-state index contributed by atoms with van der Waals surface area (Å²) in [5.74, 6) is 0.649. The highest BCUT2D eigenvalue weighted by molar-refractivity contribution is 6.13. The number of hydrogen-bond acceptors (Lipinski definition) is 2. The van der Waals surface area contributed by atoms with Crippen molar-refractivity contribution >= 4 is 27.5 Å². The third-order valence-electron chi connectivity index (χ3n) is 5.35. The van der Waals surface area contributed by atoms with Crippen LogP contribution in [-0.4, -0.2) is 10.8 Å². The van der Waals surface area contributed by atoms with Gasteiger partial charge in [0.25, 0.3) is 0 Å². The summed E-state index contributed by atoms with van der Waals surface area (Å²) in [5, 5.41) is 3.29. The fourth-order valence-electron chi connectivity index (χ4n) is 3.98. The number of ketones is 1. The molecule has 0 amide bonds. The zero-order valence-corrected chi connectivity index (χ0v) is 16.7. The highest BCUT2D eigenvalue weighted by Crippen LogP contribution is 2.33. The summed E-state index contributed by atoms with van der Waals surface area (Å²) < 4.78 is 0. The number of carbonyl (C=O) groups is 1. The minimum Gasteiger partial charge on any atom is -0.294 e. The molecular weight excluding hydrogens is 342 g/mol. The molecule has 2 nitrogen and oxygen atoms in total. The summed E-state index contributed by atoms with van der Waals surface area (Å²) >= 11 is 0. The van der Waals surface area contributed by atoms with E-state index < -0.39 is 0 Å². The van der Waals surface area contributed by atoms with Crippen LogP contribution in [0.1, 0.15) is 55.5 Å². The zero-order chi connectivity index (χ0) is 19.7. The number of carbonyl (C=O) groups excluding carboxylic acids is 1. The minimum atomic E-state index is 0.198. The van der Waals surface area contributed by atoms with Crippen molar-refractivity contribution in [3.05, 3.63) is 77.9 Å². The number of rotatable bonds is 5. The van der Waals surface area contributed by atoms with E-state index in [1.165, 1.54) is 10.9 Å². The van der Waals surface area contributed by atoms with E-state index >= 15 is 0 Å². The molecule has 4 rings (SSSR count). The van der Waals surface area contributed by atoms with Crippen LogP contribution in [0.5, 0.6) is 0 Å². The first-order valence-electron chi connectivity index (χ1n) is 10.0. The lowest BCUT2D eigenvalue weighted by Gasteiger charge is -2.13. The van der Waals surface area contributed by atoms with Gasteiger partial charge in [0, 0.05) is 28.3 Å². The zero-order valence-electron chi connectivity index (χ0n) is 16.7. The summed E-state index contributed by atoms with van der Waals surface area (Å²) in [5.41, 5.74) is 5.05. The lowest BCUT2D eigenvalue weighted by atomic mass is 9.93. The SMILES string of the molecule is CCCC(=O)c1cccc2cccc(-c3ccc4c(C(C)C)cccc4n3)c12. The third kappa shape index (κ3) is 3.20. The number of aromatic nitrogens is 1. The van der Waals surface area contributed by atoms with Crippen molar-refractivity contribution in [1.82, 2.24) is 4.98 Å². The second-order valence-electron chi connectivity index (χ2n) is 7.65. The number of pyridine rings is 1. The van der Waals surface area contributed by atoms with E-state index in [0.29, 0.717) is 12.3 Å². The van der Waals surface area contributed by atoms with Crippen molar-refractivity contribution in [1.29, 1.82) is 0 Å². The van der Waals surface area contributed by atoms with Crippen LogP contribution in [0.2, 0.25) is 0 Å². The topological polar surface area (TPSA) is 30.0 Å². The normalized spacial score (nSPS) is 11.4. The molecule has 0 aliphatic rings. The smallest absolute Gasteiger partial charge is 0.163 e. The Morgan fingerprint density at radius 3 is 2.43 bits per heavy atom. The fourth-order valence-corrected chi connectivity index (χ4v) is 3.98. The van der Waals surface area contributed by atoms with Gasteiger partial charge in [-0.3, -0.25) is 4.79 Å². The maximum absolute atomic E-state index is 12.8. The molecule has 28 heavy (non-hydrogen) atoms. The molecule has 0 radical (unpaired) electrons. The molecule has 2 heteroatoms. The Labute approximate surface area is 166 Å². The molecular formula is C26H25NO. The monoisotopic (exact) mass is 367 g/mol. The molecule has 0 saturated carbocycles. The summed E-state index contributed by atoms with van der Waals surface area (Å²) in [6.07, 6.45) is 1.42. The van der Waals surface area contributed by atoms with Crippen molar-refractivity contribution in [2.75, 3.05) is 0 Å². The van der Waals surface area contributed by atoms with Crippen LogP contribution in [0.25, 0.3) is 32.9 Å². The molecule has 1 heterocycles. The van der Waals surface area contributed by atoms with Gasteiger partial charge in [-0.05, 0) is 35.4 Å². The van der Waals surface area contributed by atoms with Crippen LogP contribution in [0.3, 0.4) is 0 Å². The van der Waals surface area contributed by atoms with E-state index in [9.17, 15) is 4.79 Å². The number of hydrogen-bond donors (Lipinski definition) is 0. The van der Waals surface area contributed by atoms with Gasteiger partial charge in [-0.25, -0.2) is 4.98 Å². The molecule has 0 saturated heterocycles. The molecule has 0 spiro atoms. The predicted molar refractivity (Wildman–Crippen MR) is 118 cm³/mol. The van der Waals surface area contributed by atoms with Crippen molar-refractivity contribution in [2.45, 2.75) is 39.5 Å². The average molecular weight is 367 g/mol. The molecule has 0 N–H and O–H groups in total. The summed E-state index contributed by atoms with van der Waals surface area (Å²) in [4.78, 5) is 17.7. The van der Waals surface area contributed by atoms with Gasteiger partial charge in [0.15, 0.2) is 5.78 Å². The number of Topliss-reactive ketones (excluding diaryl/α,β-unsaturated/α-hetero) is 1. The Kier molecular flexibility index (Phi) is 4.95. The van der Waals surface area contributed by atoms with Gasteiger partial charge >= 0.3 is 0 Å². The van der Waals surface area contributed by atoms with Crippen LogP contribution in [0.4, 0.5) is 0 Å². The highest BCUT2D eigenvalue weighted by atomic mass is 16.1. The minimum absolute atomic E-state index is 0.198. The first-order chi connectivity index (χ1) is 13.6. The standard InChI is InChI=1S/C26H25NO/c1-4-8-25(28)22-13-6-10-18-9-5-12-21(26(18)22)24-16-15-20-19(17(2)3)11-7-14-23(20)27-24/h5-7,9-17H,4,8H2,1-3H3. The van der Waals surface area contributed by atoms with E-state index in [0.717, 1.165) is 39.5 Å². The molecule has 3 aromatic carbocycles. The molecule has 0 unspecified atom stereocenters. The Morgan fingerprint density at radius 1 is 0.929 bits per heavy atom. The molecule has 0 aliphatic carbocycles. The van der Waals surface area contributed by atoms with E-state index in [-0.39, 0.29) is 5.78 Å². The maximum Gasteiger partial charge on any atom is 0.163 e. The fraction of sp³-hybridized carbons (Fsp3) is 0.231. The molecule has 0 fully saturated rings. The van der Waals surface area contributed by atoms with Crippen LogP contribution < -0.4 is 0 Å². The van der Waals surface area contributed by atoms with Gasteiger partial charge in [0.1, 0.15) is 0 Å². The van der Waals surface area contributed by atoms with Crippen molar-refractivity contribution in [3.8, 4) is 11.3 Å². The van der Waals surface area contributed by atoms with Gasteiger partial charge < -0.3 is 0 Å². The lowest BCUT2D eigenvalue weighted by molar-refractivity contribution is 0.0983. The van der Waals surface area contributed by atoms with Crippen LogP contribution in [0.15, 0.2) is 66.7 Å². The first kappa shape index (κ1) is 18.4. The third-order valence-corrected chi connectivity index (χ3v) is 5.35. The van der Waals surface area contributed by atoms with E-state index in [4.69, 9.17) is 4.98 Å². The molecule has 1 aromatic heterocycles. The van der Waals surface area contributed by atoms with E-state index in [1.807, 2.05) is 25.1 Å². The predicted octanol–water partition coefficient (Wildman–Crippen LogP) is 7.16. The Hall–Kier alpha value is -3.00. The number of benzene rings is 3. The number of fused-ring (bicyclic) bond motifs is 2. The summed E-state index contributed by atoms with van der Waals surface area (Å²) in [6, 6.07) is 22.7. The molecule has 140 valence electrons. The van der Waals surface area contributed by atoms with Gasteiger partial charge in [-0.1, -0.05) is 75.4 Å². The Balaban J connectivity index is 1.95. The average Bonchev–Trinajstić information content (AvgIpc) is 2.72. The number of nitrogens with zero attached hydrogens (tertiary/aromatic N) is 1. The lowest BCUT2D eigenvalue weighted by Crippen LogP contribution is -2.00. The first-order valence-corrected chi connectivity index (χ1v) is 10.0. The quantitative estimate of drug-likeness (QED) is 0.350. The van der Waals surface area contributed by atoms with Gasteiger partial charge in [0.05, 0.1) is 11.2 Å². The molecule has 0 bridgehead atoms. The summed E-state index contributed by atoms with van der Waals surface area (Å²) in [7, 11) is 0. The molecule has 0 atom stereocenters. The Bertz CT molecular complexity index is 1170. The van der Waals surface area contributed by atoms with Crippen LogP contribution in [-0.2, 0) is 0 Å². The molecule has 4 aromatic rings. The van der Waals surface area contributed by atoms with Crippen LogP contribution >= 0.6 is 0 Å². The maximum atomic E-state index is 12.8. The van der Waals surface area contributed by atoms with Gasteiger partial charge in [-0.2, -0.15) is 0 Å². The van der Waals surface area contributed by atoms with Crippen LogP contribution in [0, 0.1) is 0 Å². The second-order valence-corrected chi connectivity index (χ2v) is 7.65. The van der Waals surface area contributed by atoms with E-state index in [1.54, 1.807) is 0 Å². The van der Waals surface area contributed by atoms with Crippen molar-refractivity contribution < 1.29 is 4.79 Å². The van der Waals surface area contributed by atoms with E-state index in [2.05, 4.69) is 62.4 Å². The Morgan fingerprint density at radius 2 is 1.68 bits per heavy atom. The van der Waals surface area contributed by atoms with Gasteiger partial charge in [0.2, 0.25) is 0 Å². The largest absolute Gasteiger partial charge is 0.294 e. The molecule has 0 aliphatic heterocycles. The highest BCUT2D eigenvalue weighted by Gasteiger charge is 2.15. The summed E-state index contributed by atoms with van der Waals surface area (Å²) in [6.45, 7) is 6.46. The van der Waals surface area contributed by atoms with Crippen molar-refractivity contribution in [3.63, 3.8) is 0 Å². The second kappa shape index (κ2) is 7.55. The van der Waals surface area contributed by atoms with Gasteiger partial charge in [-0.15, -0.1) is 0 Å². The van der Waals surface area contributed by atoms with Crippen molar-refractivity contribution in [2.24, 2.45) is 0 Å².